The molecule has 0 aliphatic carbocycles. The van der Waals surface area contributed by atoms with Gasteiger partial charge < -0.3 is 10.4 Å². The average Bonchev–Trinajstić information content (AvgIpc) is 2.53. The summed E-state index contributed by atoms with van der Waals surface area (Å²) < 4.78 is 1.53. The fourth-order valence-corrected chi connectivity index (χ4v) is 1.35. The van der Waals surface area contributed by atoms with Crippen molar-refractivity contribution in [2.24, 2.45) is 13.0 Å². The average molecular weight is 225 g/mol. The van der Waals surface area contributed by atoms with Gasteiger partial charge in [-0.3, -0.25) is 9.48 Å². The Morgan fingerprint density at radius 1 is 1.62 bits per heavy atom. The van der Waals surface area contributed by atoms with E-state index in [2.05, 4.69) is 10.4 Å². The standard InChI is InChI=1S/C11H19N3O2/c1-7(2)10(15)6-12-11(16)9-5-8(3)13-14(9)4/h5,7,10,15H,6H2,1-4H3,(H,12,16). The minimum Gasteiger partial charge on any atom is -0.391 e. The number of nitrogens with one attached hydrogen (secondary N) is 1. The van der Waals surface area contributed by atoms with Gasteiger partial charge >= 0.3 is 0 Å². The molecule has 1 amide bonds. The van der Waals surface area contributed by atoms with Crippen LogP contribution in [0, 0.1) is 12.8 Å². The number of aliphatic hydroxyl groups is 1. The molecule has 16 heavy (non-hydrogen) atoms. The Kier molecular flexibility index (Phi) is 4.06. The maximum absolute atomic E-state index is 11.7. The molecule has 0 aliphatic rings. The van der Waals surface area contributed by atoms with Gasteiger partial charge in [-0.2, -0.15) is 5.10 Å². The first kappa shape index (κ1) is 12.7. The van der Waals surface area contributed by atoms with Crippen molar-refractivity contribution in [3.8, 4) is 0 Å². The van der Waals surface area contributed by atoms with E-state index in [9.17, 15) is 9.90 Å². The van der Waals surface area contributed by atoms with E-state index in [1.54, 1.807) is 13.1 Å². The molecule has 90 valence electrons. The highest BCUT2D eigenvalue weighted by molar-refractivity contribution is 5.92. The van der Waals surface area contributed by atoms with Gasteiger partial charge in [-0.15, -0.1) is 0 Å². The molecule has 1 atom stereocenters. The lowest BCUT2D eigenvalue weighted by molar-refractivity contribution is 0.0863. The van der Waals surface area contributed by atoms with Crippen LogP contribution in [0.2, 0.25) is 0 Å². The van der Waals surface area contributed by atoms with Crippen molar-refractivity contribution in [1.82, 2.24) is 15.1 Å². The van der Waals surface area contributed by atoms with Gasteiger partial charge in [0.1, 0.15) is 5.69 Å². The summed E-state index contributed by atoms with van der Waals surface area (Å²) in [5, 5.41) is 16.3. The summed E-state index contributed by atoms with van der Waals surface area (Å²) in [5.41, 5.74) is 1.31. The smallest absolute Gasteiger partial charge is 0.269 e. The lowest BCUT2D eigenvalue weighted by Gasteiger charge is -2.14. The van der Waals surface area contributed by atoms with Crippen molar-refractivity contribution >= 4 is 5.91 Å². The minimum absolute atomic E-state index is 0.133. The van der Waals surface area contributed by atoms with Gasteiger partial charge in [0.05, 0.1) is 11.8 Å². The van der Waals surface area contributed by atoms with Crippen LogP contribution in [0.4, 0.5) is 0 Å². The van der Waals surface area contributed by atoms with E-state index >= 15 is 0 Å². The Labute approximate surface area is 95.5 Å². The number of carbonyl (C=O) groups is 1. The van der Waals surface area contributed by atoms with Crippen LogP contribution in [-0.2, 0) is 7.05 Å². The molecule has 2 N–H and O–H groups in total. The molecule has 1 aromatic heterocycles. The van der Waals surface area contributed by atoms with Gasteiger partial charge in [0.15, 0.2) is 0 Å². The first-order valence-corrected chi connectivity index (χ1v) is 5.38. The summed E-state index contributed by atoms with van der Waals surface area (Å²) in [6.07, 6.45) is -0.515. The second kappa shape index (κ2) is 5.12. The molecule has 1 aromatic rings. The van der Waals surface area contributed by atoms with Gasteiger partial charge in [-0.25, -0.2) is 0 Å². The largest absolute Gasteiger partial charge is 0.391 e. The Morgan fingerprint density at radius 2 is 2.25 bits per heavy atom. The molecular formula is C11H19N3O2. The lowest BCUT2D eigenvalue weighted by Crippen LogP contribution is -2.35. The monoisotopic (exact) mass is 225 g/mol. The number of hydrogen-bond acceptors (Lipinski definition) is 3. The third kappa shape index (κ3) is 3.06. The summed E-state index contributed by atoms with van der Waals surface area (Å²) >= 11 is 0. The van der Waals surface area contributed by atoms with Gasteiger partial charge in [-0.05, 0) is 18.9 Å². The maximum Gasteiger partial charge on any atom is 0.269 e. The van der Waals surface area contributed by atoms with Crippen molar-refractivity contribution in [2.75, 3.05) is 6.54 Å². The summed E-state index contributed by atoms with van der Waals surface area (Å²) in [6.45, 7) is 5.91. The molecular weight excluding hydrogens is 206 g/mol. The first-order chi connectivity index (χ1) is 7.41. The number of amides is 1. The van der Waals surface area contributed by atoms with Gasteiger partial charge in [-0.1, -0.05) is 13.8 Å². The molecule has 0 aliphatic heterocycles. The van der Waals surface area contributed by atoms with Gasteiger partial charge in [0, 0.05) is 13.6 Å². The van der Waals surface area contributed by atoms with E-state index in [1.165, 1.54) is 4.68 Å². The number of nitrogens with zero attached hydrogens (tertiary/aromatic N) is 2. The van der Waals surface area contributed by atoms with Gasteiger partial charge in [0.2, 0.25) is 0 Å². The molecule has 5 heteroatoms. The first-order valence-electron chi connectivity index (χ1n) is 5.38. The van der Waals surface area contributed by atoms with Crippen molar-refractivity contribution in [3.63, 3.8) is 0 Å². The van der Waals surface area contributed by atoms with E-state index in [0.717, 1.165) is 5.69 Å². The second-order valence-corrected chi connectivity index (χ2v) is 4.32. The number of carbonyl (C=O) groups excluding carboxylic acids is 1. The zero-order chi connectivity index (χ0) is 12.3. The van der Waals surface area contributed by atoms with Crippen LogP contribution in [0.3, 0.4) is 0 Å². The van der Waals surface area contributed by atoms with Crippen LogP contribution in [0.15, 0.2) is 6.07 Å². The predicted molar refractivity (Wildman–Crippen MR) is 61.1 cm³/mol. The summed E-state index contributed by atoms with van der Waals surface area (Å²) in [7, 11) is 1.72. The van der Waals surface area contributed by atoms with E-state index in [-0.39, 0.29) is 18.4 Å². The van der Waals surface area contributed by atoms with Crippen LogP contribution in [0.1, 0.15) is 30.0 Å². The summed E-state index contributed by atoms with van der Waals surface area (Å²) in [5.74, 6) is -0.0728. The molecule has 1 heterocycles. The zero-order valence-corrected chi connectivity index (χ0v) is 10.2. The molecule has 1 unspecified atom stereocenters. The highest BCUT2D eigenvalue weighted by Gasteiger charge is 2.14. The molecule has 0 bridgehead atoms. The third-order valence-electron chi connectivity index (χ3n) is 2.48. The molecule has 1 rings (SSSR count). The molecule has 0 saturated carbocycles. The highest BCUT2D eigenvalue weighted by Crippen LogP contribution is 2.03. The predicted octanol–water partition coefficient (Wildman–Crippen LogP) is 0.475. The van der Waals surface area contributed by atoms with E-state index < -0.39 is 6.10 Å². The summed E-state index contributed by atoms with van der Waals surface area (Å²) in [6, 6.07) is 1.72. The molecule has 0 saturated heterocycles. The normalized spacial score (nSPS) is 12.9. The van der Waals surface area contributed by atoms with Crippen LogP contribution < -0.4 is 5.32 Å². The maximum atomic E-state index is 11.7. The van der Waals surface area contributed by atoms with Crippen LogP contribution in [-0.4, -0.2) is 33.4 Å². The van der Waals surface area contributed by atoms with Crippen LogP contribution in [0.5, 0.6) is 0 Å². The number of hydrogen-bond donors (Lipinski definition) is 2. The SMILES string of the molecule is Cc1cc(C(=O)NCC(O)C(C)C)n(C)n1. The Balaban J connectivity index is 2.56. The van der Waals surface area contributed by atoms with Crippen LogP contribution in [0.25, 0.3) is 0 Å². The van der Waals surface area contributed by atoms with Gasteiger partial charge in [0.25, 0.3) is 5.91 Å². The molecule has 5 nitrogen and oxygen atoms in total. The second-order valence-electron chi connectivity index (χ2n) is 4.32. The molecule has 0 fully saturated rings. The lowest BCUT2D eigenvalue weighted by atomic mass is 10.1. The fraction of sp³-hybridized carbons (Fsp3) is 0.636. The quantitative estimate of drug-likeness (QED) is 0.783. The van der Waals surface area contributed by atoms with E-state index in [4.69, 9.17) is 0 Å². The van der Waals surface area contributed by atoms with E-state index in [1.807, 2.05) is 20.8 Å². The van der Waals surface area contributed by atoms with Crippen molar-refractivity contribution in [1.29, 1.82) is 0 Å². The topological polar surface area (TPSA) is 67.2 Å². The number of aliphatic hydroxyl groups excluding tert-OH is 1. The van der Waals surface area contributed by atoms with E-state index in [0.29, 0.717) is 5.69 Å². The van der Waals surface area contributed by atoms with Crippen molar-refractivity contribution in [3.05, 3.63) is 17.5 Å². The Hall–Kier alpha value is -1.36. The molecule has 0 spiro atoms. The van der Waals surface area contributed by atoms with Crippen LogP contribution >= 0.6 is 0 Å². The fourth-order valence-electron chi connectivity index (χ4n) is 1.35. The highest BCUT2D eigenvalue weighted by atomic mass is 16.3. The number of rotatable bonds is 4. The van der Waals surface area contributed by atoms with Crippen molar-refractivity contribution < 1.29 is 9.90 Å². The number of aromatic nitrogens is 2. The zero-order valence-electron chi connectivity index (χ0n) is 10.2. The Morgan fingerprint density at radius 3 is 2.69 bits per heavy atom. The molecule has 0 radical (unpaired) electrons. The summed E-state index contributed by atoms with van der Waals surface area (Å²) in [4.78, 5) is 11.7. The third-order valence-corrected chi connectivity index (χ3v) is 2.48. The minimum atomic E-state index is -0.515. The van der Waals surface area contributed by atoms with Crippen molar-refractivity contribution in [2.45, 2.75) is 26.9 Å². The Bertz CT molecular complexity index is 371. The number of aryl methyl sites for hydroxylation is 2. The molecule has 0 aromatic carbocycles.